The molecule has 0 saturated carbocycles. The number of para-hydroxylation sites is 2. The molecule has 0 radical (unpaired) electrons. The molecule has 5 aromatic carbocycles. The lowest BCUT2D eigenvalue weighted by Crippen LogP contribution is -2.35. The van der Waals surface area contributed by atoms with Crippen LogP contribution in [0.5, 0.6) is 0 Å². The molecule has 0 spiro atoms. The third-order valence-electron chi connectivity index (χ3n) is 6.37. The molecule has 38 heavy (non-hydrogen) atoms. The second-order valence-corrected chi connectivity index (χ2v) is 8.97. The average Bonchev–Trinajstić information content (AvgIpc) is 3.00. The van der Waals surface area contributed by atoms with E-state index in [4.69, 9.17) is 0 Å². The molecule has 186 valence electrons. The molecule has 0 saturated heterocycles. The van der Waals surface area contributed by atoms with Crippen molar-refractivity contribution in [1.82, 2.24) is 0 Å². The minimum Gasteiger partial charge on any atom is -0.304 e. The fourth-order valence-corrected chi connectivity index (χ4v) is 4.46. The van der Waals surface area contributed by atoms with Gasteiger partial charge in [0.05, 0.1) is 24.3 Å². The topological polar surface area (TPSA) is 40.6 Å². The van der Waals surface area contributed by atoms with Crippen molar-refractivity contribution >= 4 is 23.2 Å². The van der Waals surface area contributed by atoms with E-state index in [2.05, 4.69) is 0 Å². The highest BCUT2D eigenvalue weighted by Crippen LogP contribution is 2.28. The van der Waals surface area contributed by atoms with E-state index in [1.54, 1.807) is 28.0 Å². The number of nitrogens with zero attached hydrogens (tertiary/aromatic N) is 2. The van der Waals surface area contributed by atoms with Crippen LogP contribution >= 0.6 is 0 Å². The van der Waals surface area contributed by atoms with Gasteiger partial charge in [0, 0.05) is 11.3 Å². The maximum absolute atomic E-state index is 14.3. The molecule has 4 nitrogen and oxygen atoms in total. The van der Waals surface area contributed by atoms with Gasteiger partial charge in [-0.05, 0) is 47.5 Å². The van der Waals surface area contributed by atoms with Crippen LogP contribution in [0, 0.1) is 0 Å². The number of amides is 2. The van der Waals surface area contributed by atoms with Crippen molar-refractivity contribution in [1.29, 1.82) is 0 Å². The summed E-state index contributed by atoms with van der Waals surface area (Å²) in [5.41, 5.74) is 4.39. The molecule has 0 fully saturated rings. The fraction of sp³-hybridized carbons (Fsp3) is 0.0588. The van der Waals surface area contributed by atoms with Crippen molar-refractivity contribution in [3.8, 4) is 0 Å². The van der Waals surface area contributed by atoms with Crippen LogP contribution in [0.25, 0.3) is 0 Å². The van der Waals surface area contributed by atoms with E-state index < -0.39 is 0 Å². The number of carbonyl (C=O) groups excluding carboxylic acids is 2. The lowest BCUT2D eigenvalue weighted by atomic mass is 10.1. The number of anilines is 2. The summed E-state index contributed by atoms with van der Waals surface area (Å²) in [4.78, 5) is 31.6. The Labute approximate surface area is 223 Å². The van der Waals surface area contributed by atoms with Crippen LogP contribution in [0.2, 0.25) is 0 Å². The smallest absolute Gasteiger partial charge is 0.260 e. The van der Waals surface area contributed by atoms with Crippen LogP contribution in [0.3, 0.4) is 0 Å². The zero-order chi connectivity index (χ0) is 26.2. The Morgan fingerprint density at radius 1 is 0.447 bits per heavy atom. The first kappa shape index (κ1) is 24.7. The molecular weight excluding hydrogens is 468 g/mol. The molecule has 4 heteroatoms. The van der Waals surface area contributed by atoms with Crippen LogP contribution in [0.1, 0.15) is 31.8 Å². The molecule has 0 heterocycles. The summed E-state index contributed by atoms with van der Waals surface area (Å²) < 4.78 is 0. The van der Waals surface area contributed by atoms with E-state index >= 15 is 0 Å². The highest BCUT2D eigenvalue weighted by atomic mass is 16.2. The Balaban J connectivity index is 1.58. The summed E-state index contributed by atoms with van der Waals surface area (Å²) in [5, 5.41) is 0. The van der Waals surface area contributed by atoms with Gasteiger partial charge in [0.15, 0.2) is 0 Å². The van der Waals surface area contributed by atoms with Crippen LogP contribution in [0.4, 0.5) is 11.4 Å². The molecule has 0 atom stereocenters. The lowest BCUT2D eigenvalue weighted by molar-refractivity contribution is 0.0982. The summed E-state index contributed by atoms with van der Waals surface area (Å²) in [7, 11) is 0. The number of benzene rings is 5. The first-order valence-corrected chi connectivity index (χ1v) is 12.6. The SMILES string of the molecule is O=C(c1ccccc1N(Cc1ccccc1)C(=O)c1ccccc1)N(Cc1ccccc1)c1ccccc1. The predicted molar refractivity (Wildman–Crippen MR) is 153 cm³/mol. The third kappa shape index (κ3) is 5.71. The Bertz CT molecular complexity index is 1490. The largest absolute Gasteiger partial charge is 0.304 e. The molecule has 0 unspecified atom stereocenters. The molecule has 0 aliphatic rings. The van der Waals surface area contributed by atoms with Crippen molar-refractivity contribution < 1.29 is 9.59 Å². The van der Waals surface area contributed by atoms with Gasteiger partial charge >= 0.3 is 0 Å². The van der Waals surface area contributed by atoms with Crippen LogP contribution in [-0.2, 0) is 13.1 Å². The Morgan fingerprint density at radius 2 is 0.895 bits per heavy atom. The van der Waals surface area contributed by atoms with Gasteiger partial charge in [-0.15, -0.1) is 0 Å². The minimum absolute atomic E-state index is 0.163. The number of carbonyl (C=O) groups is 2. The zero-order valence-electron chi connectivity index (χ0n) is 21.0. The molecule has 5 rings (SSSR count). The molecule has 2 amide bonds. The van der Waals surface area contributed by atoms with Gasteiger partial charge in [-0.25, -0.2) is 0 Å². The van der Waals surface area contributed by atoms with Gasteiger partial charge in [0.25, 0.3) is 11.8 Å². The van der Waals surface area contributed by atoms with E-state index in [1.807, 2.05) is 127 Å². The van der Waals surface area contributed by atoms with Gasteiger partial charge in [-0.1, -0.05) is 109 Å². The van der Waals surface area contributed by atoms with Crippen molar-refractivity contribution in [2.45, 2.75) is 13.1 Å². The molecule has 0 bridgehead atoms. The molecule has 0 N–H and O–H groups in total. The second-order valence-electron chi connectivity index (χ2n) is 8.97. The van der Waals surface area contributed by atoms with Gasteiger partial charge in [0.1, 0.15) is 0 Å². The van der Waals surface area contributed by atoms with E-state index in [0.29, 0.717) is 29.9 Å². The van der Waals surface area contributed by atoms with E-state index in [-0.39, 0.29) is 11.8 Å². The Morgan fingerprint density at radius 3 is 1.47 bits per heavy atom. The standard InChI is InChI=1S/C34H28N2O2/c37-33(29-19-9-3-10-20-29)36(26-28-17-7-2-8-18-28)32-24-14-13-23-31(32)34(38)35(30-21-11-4-12-22-30)25-27-15-5-1-6-16-27/h1-24H,25-26H2. The first-order chi connectivity index (χ1) is 18.7. The molecule has 0 aromatic heterocycles. The van der Waals surface area contributed by atoms with Gasteiger partial charge in [-0.2, -0.15) is 0 Å². The van der Waals surface area contributed by atoms with E-state index in [0.717, 1.165) is 16.8 Å². The summed E-state index contributed by atoms with van der Waals surface area (Å²) in [6.07, 6.45) is 0. The van der Waals surface area contributed by atoms with Crippen molar-refractivity contribution in [2.75, 3.05) is 9.80 Å². The van der Waals surface area contributed by atoms with E-state index in [1.165, 1.54) is 0 Å². The Kier molecular flexibility index (Phi) is 7.71. The van der Waals surface area contributed by atoms with Crippen molar-refractivity contribution in [2.24, 2.45) is 0 Å². The maximum atomic E-state index is 14.3. The van der Waals surface area contributed by atoms with Crippen molar-refractivity contribution in [3.63, 3.8) is 0 Å². The summed E-state index contributed by atoms with van der Waals surface area (Å²) in [6.45, 7) is 0.742. The van der Waals surface area contributed by atoms with Crippen LogP contribution < -0.4 is 9.80 Å². The predicted octanol–water partition coefficient (Wildman–Crippen LogP) is 7.38. The normalized spacial score (nSPS) is 10.5. The number of hydrogen-bond donors (Lipinski definition) is 0. The number of hydrogen-bond acceptors (Lipinski definition) is 2. The third-order valence-corrected chi connectivity index (χ3v) is 6.37. The van der Waals surface area contributed by atoms with E-state index in [9.17, 15) is 9.59 Å². The number of rotatable bonds is 8. The monoisotopic (exact) mass is 496 g/mol. The highest BCUT2D eigenvalue weighted by Gasteiger charge is 2.26. The van der Waals surface area contributed by atoms with Crippen LogP contribution in [-0.4, -0.2) is 11.8 Å². The first-order valence-electron chi connectivity index (χ1n) is 12.6. The Hall–Kier alpha value is -4.96. The van der Waals surface area contributed by atoms with Crippen LogP contribution in [0.15, 0.2) is 146 Å². The maximum Gasteiger partial charge on any atom is 0.260 e. The summed E-state index contributed by atoms with van der Waals surface area (Å²) >= 11 is 0. The summed E-state index contributed by atoms with van der Waals surface area (Å²) in [5.74, 6) is -0.335. The van der Waals surface area contributed by atoms with Gasteiger partial charge in [0.2, 0.25) is 0 Å². The van der Waals surface area contributed by atoms with Gasteiger partial charge < -0.3 is 9.80 Å². The molecular formula is C34H28N2O2. The summed E-state index contributed by atoms with van der Waals surface area (Å²) in [6, 6.07) is 45.9. The second kappa shape index (κ2) is 11.8. The zero-order valence-corrected chi connectivity index (χ0v) is 21.0. The molecule has 5 aromatic rings. The lowest BCUT2D eigenvalue weighted by Gasteiger charge is -2.28. The fourth-order valence-electron chi connectivity index (χ4n) is 4.46. The molecule has 0 aliphatic heterocycles. The average molecular weight is 497 g/mol. The van der Waals surface area contributed by atoms with Crippen molar-refractivity contribution in [3.05, 3.63) is 168 Å². The highest BCUT2D eigenvalue weighted by molar-refractivity contribution is 6.14. The quantitative estimate of drug-likeness (QED) is 0.225. The minimum atomic E-state index is -0.172. The molecule has 0 aliphatic carbocycles. The van der Waals surface area contributed by atoms with Gasteiger partial charge in [-0.3, -0.25) is 9.59 Å².